The number of nitrogens with one attached hydrogen (secondary N) is 1. The number of carbonyl (C=O) groups excluding carboxylic acids is 2. The third-order valence-electron chi connectivity index (χ3n) is 4.47. The number of rotatable bonds is 8. The number of anilines is 1. The molecule has 0 unspecified atom stereocenters. The van der Waals surface area contributed by atoms with Crippen molar-refractivity contribution >= 4 is 40.0 Å². The highest BCUT2D eigenvalue weighted by Crippen LogP contribution is 2.19. The van der Waals surface area contributed by atoms with E-state index in [0.29, 0.717) is 33.9 Å². The summed E-state index contributed by atoms with van der Waals surface area (Å²) < 4.78 is 1.66. The molecule has 3 aromatic rings. The number of carbonyl (C=O) groups is 2. The maximum atomic E-state index is 12.9. The molecule has 0 aliphatic carbocycles. The summed E-state index contributed by atoms with van der Waals surface area (Å²) in [7, 11) is 0. The van der Waals surface area contributed by atoms with E-state index in [1.165, 1.54) is 18.7 Å². The number of para-hydroxylation sites is 1. The van der Waals surface area contributed by atoms with Gasteiger partial charge in [-0.2, -0.15) is 0 Å². The van der Waals surface area contributed by atoms with E-state index in [4.69, 9.17) is 0 Å². The monoisotopic (exact) mass is 409 g/mol. The normalized spacial score (nSPS) is 10.8. The summed E-state index contributed by atoms with van der Waals surface area (Å²) in [6.45, 7) is 4.14. The fourth-order valence-corrected chi connectivity index (χ4v) is 3.71. The minimum absolute atomic E-state index is 0.0224. The molecular formula is C22H23N3O3S. The van der Waals surface area contributed by atoms with Gasteiger partial charge in [0.05, 0.1) is 16.7 Å². The van der Waals surface area contributed by atoms with Crippen LogP contribution in [0.2, 0.25) is 0 Å². The van der Waals surface area contributed by atoms with E-state index in [-0.39, 0.29) is 23.0 Å². The molecule has 0 radical (unpaired) electrons. The summed E-state index contributed by atoms with van der Waals surface area (Å²) in [6.07, 6.45) is 1.82. The first-order valence-corrected chi connectivity index (χ1v) is 10.5. The summed E-state index contributed by atoms with van der Waals surface area (Å²) >= 11 is 1.25. The number of thioether (sulfide) groups is 1. The molecule has 3 rings (SSSR count). The van der Waals surface area contributed by atoms with Crippen LogP contribution in [0.5, 0.6) is 0 Å². The minimum Gasteiger partial charge on any atom is -0.325 e. The second-order valence-electron chi connectivity index (χ2n) is 6.69. The Balaban J connectivity index is 1.75. The van der Waals surface area contributed by atoms with Gasteiger partial charge in [0.2, 0.25) is 5.91 Å². The summed E-state index contributed by atoms with van der Waals surface area (Å²) in [5.41, 5.74) is 1.77. The van der Waals surface area contributed by atoms with Gasteiger partial charge in [-0.15, -0.1) is 0 Å². The second kappa shape index (κ2) is 9.52. The van der Waals surface area contributed by atoms with Gasteiger partial charge >= 0.3 is 0 Å². The molecule has 0 saturated heterocycles. The highest BCUT2D eigenvalue weighted by atomic mass is 32.2. The number of hydrogen-bond acceptors (Lipinski definition) is 5. The third-order valence-corrected chi connectivity index (χ3v) is 5.45. The lowest BCUT2D eigenvalue weighted by Gasteiger charge is -2.13. The lowest BCUT2D eigenvalue weighted by atomic mass is 10.1. The quantitative estimate of drug-likeness (QED) is 0.344. The van der Waals surface area contributed by atoms with Gasteiger partial charge < -0.3 is 5.32 Å². The van der Waals surface area contributed by atoms with Crippen LogP contribution in [0.25, 0.3) is 10.9 Å². The van der Waals surface area contributed by atoms with E-state index in [0.717, 1.165) is 12.8 Å². The zero-order valence-corrected chi connectivity index (χ0v) is 17.3. The fourth-order valence-electron chi connectivity index (χ4n) is 2.89. The van der Waals surface area contributed by atoms with Crippen molar-refractivity contribution in [1.82, 2.24) is 9.55 Å². The molecule has 2 aromatic carbocycles. The lowest BCUT2D eigenvalue weighted by molar-refractivity contribution is -0.113. The zero-order chi connectivity index (χ0) is 20.8. The Morgan fingerprint density at radius 3 is 2.52 bits per heavy atom. The third kappa shape index (κ3) is 5.12. The smallest absolute Gasteiger partial charge is 0.262 e. The average Bonchev–Trinajstić information content (AvgIpc) is 2.72. The summed E-state index contributed by atoms with van der Waals surface area (Å²) in [4.78, 5) is 41.2. The van der Waals surface area contributed by atoms with Crippen LogP contribution in [-0.2, 0) is 11.3 Å². The Hall–Kier alpha value is -2.93. The Kier molecular flexibility index (Phi) is 6.82. The van der Waals surface area contributed by atoms with Crippen LogP contribution < -0.4 is 10.9 Å². The van der Waals surface area contributed by atoms with Crippen LogP contribution in [0.3, 0.4) is 0 Å². The van der Waals surface area contributed by atoms with Gasteiger partial charge in [0.25, 0.3) is 5.56 Å². The predicted molar refractivity (Wildman–Crippen MR) is 117 cm³/mol. The molecule has 0 saturated carbocycles. The molecule has 0 fully saturated rings. The lowest BCUT2D eigenvalue weighted by Crippen LogP contribution is -2.24. The fraction of sp³-hybridized carbons (Fsp3) is 0.273. The Morgan fingerprint density at radius 1 is 1.10 bits per heavy atom. The number of ketones is 1. The van der Waals surface area contributed by atoms with Crippen molar-refractivity contribution < 1.29 is 9.59 Å². The van der Waals surface area contributed by atoms with Crippen molar-refractivity contribution in [3.8, 4) is 0 Å². The van der Waals surface area contributed by atoms with Crippen LogP contribution in [0.1, 0.15) is 37.0 Å². The number of benzene rings is 2. The van der Waals surface area contributed by atoms with Gasteiger partial charge in [0, 0.05) is 17.8 Å². The number of unbranched alkanes of at least 4 members (excludes halogenated alkanes) is 1. The standard InChI is InChI=1S/C22H23N3O3S/c1-3-4-13-25-21(28)18-7-5-6-8-19(18)24-22(25)29-14-20(27)23-17-11-9-16(10-12-17)15(2)26/h5-12H,3-4,13-14H2,1-2H3,(H,23,27). The zero-order valence-electron chi connectivity index (χ0n) is 16.5. The first-order chi connectivity index (χ1) is 14.0. The van der Waals surface area contributed by atoms with Gasteiger partial charge in [0.1, 0.15) is 0 Å². The molecule has 0 spiro atoms. The van der Waals surface area contributed by atoms with E-state index in [1.54, 1.807) is 34.9 Å². The van der Waals surface area contributed by atoms with Crippen LogP contribution in [0.15, 0.2) is 58.5 Å². The highest BCUT2D eigenvalue weighted by molar-refractivity contribution is 7.99. The van der Waals surface area contributed by atoms with E-state index in [9.17, 15) is 14.4 Å². The average molecular weight is 410 g/mol. The second-order valence-corrected chi connectivity index (χ2v) is 7.63. The number of nitrogens with zero attached hydrogens (tertiary/aromatic N) is 2. The van der Waals surface area contributed by atoms with Crippen molar-refractivity contribution in [2.24, 2.45) is 0 Å². The minimum atomic E-state index is -0.199. The Bertz CT molecular complexity index is 1090. The molecule has 7 heteroatoms. The van der Waals surface area contributed by atoms with Gasteiger partial charge in [-0.1, -0.05) is 37.2 Å². The van der Waals surface area contributed by atoms with Crippen molar-refractivity contribution in [2.45, 2.75) is 38.4 Å². The molecule has 0 aliphatic rings. The molecule has 0 aliphatic heterocycles. The molecule has 1 aromatic heterocycles. The topological polar surface area (TPSA) is 81.1 Å². The molecule has 0 bridgehead atoms. The molecule has 0 atom stereocenters. The maximum Gasteiger partial charge on any atom is 0.262 e. The van der Waals surface area contributed by atoms with Crippen molar-refractivity contribution in [3.05, 3.63) is 64.4 Å². The number of hydrogen-bond donors (Lipinski definition) is 1. The Morgan fingerprint density at radius 2 is 1.83 bits per heavy atom. The number of aromatic nitrogens is 2. The van der Waals surface area contributed by atoms with Crippen molar-refractivity contribution in [2.75, 3.05) is 11.1 Å². The molecule has 6 nitrogen and oxygen atoms in total. The summed E-state index contributed by atoms with van der Waals surface area (Å²) in [6, 6.07) is 14.0. The SMILES string of the molecule is CCCCn1c(SCC(=O)Nc2ccc(C(C)=O)cc2)nc2ccccc2c1=O. The van der Waals surface area contributed by atoms with Gasteiger partial charge in [-0.25, -0.2) is 4.98 Å². The highest BCUT2D eigenvalue weighted by Gasteiger charge is 2.13. The number of fused-ring (bicyclic) bond motifs is 1. The van der Waals surface area contributed by atoms with Gasteiger partial charge in [0.15, 0.2) is 10.9 Å². The summed E-state index contributed by atoms with van der Waals surface area (Å²) in [5, 5.41) is 3.94. The molecule has 1 heterocycles. The van der Waals surface area contributed by atoms with Crippen molar-refractivity contribution in [3.63, 3.8) is 0 Å². The van der Waals surface area contributed by atoms with Crippen LogP contribution in [0, 0.1) is 0 Å². The number of amides is 1. The van der Waals surface area contributed by atoms with E-state index in [2.05, 4.69) is 17.2 Å². The maximum absolute atomic E-state index is 12.9. The van der Waals surface area contributed by atoms with Crippen LogP contribution >= 0.6 is 11.8 Å². The van der Waals surface area contributed by atoms with E-state index in [1.807, 2.05) is 18.2 Å². The molecule has 1 amide bonds. The molecule has 150 valence electrons. The van der Waals surface area contributed by atoms with E-state index >= 15 is 0 Å². The van der Waals surface area contributed by atoms with Crippen LogP contribution in [0.4, 0.5) is 5.69 Å². The first-order valence-electron chi connectivity index (χ1n) is 9.53. The van der Waals surface area contributed by atoms with E-state index < -0.39 is 0 Å². The molecule has 1 N–H and O–H groups in total. The number of Topliss-reactive ketones (excluding diaryl/α,β-unsaturated/α-hetero) is 1. The van der Waals surface area contributed by atoms with Gasteiger partial charge in [-0.3, -0.25) is 19.0 Å². The van der Waals surface area contributed by atoms with Gasteiger partial charge in [-0.05, 0) is 49.7 Å². The predicted octanol–water partition coefficient (Wildman–Crippen LogP) is 4.13. The molecule has 29 heavy (non-hydrogen) atoms. The molecular weight excluding hydrogens is 386 g/mol. The summed E-state index contributed by atoms with van der Waals surface area (Å²) in [5.74, 6) is -0.0911. The first kappa shape index (κ1) is 20.8. The Labute approximate surface area is 173 Å². The van der Waals surface area contributed by atoms with Crippen LogP contribution in [-0.4, -0.2) is 27.0 Å². The largest absolute Gasteiger partial charge is 0.325 e. The van der Waals surface area contributed by atoms with Crippen molar-refractivity contribution in [1.29, 1.82) is 0 Å².